The zero-order valence-corrected chi connectivity index (χ0v) is 13.1. The molecule has 1 aromatic carbocycles. The van der Waals surface area contributed by atoms with Crippen LogP contribution >= 0.6 is 0 Å². The fraction of sp³-hybridized carbons (Fsp3) is 0.667. The Labute approximate surface area is 128 Å². The summed E-state index contributed by atoms with van der Waals surface area (Å²) in [4.78, 5) is 4.94. The van der Waals surface area contributed by atoms with Gasteiger partial charge < -0.3 is 14.9 Å². The Morgan fingerprint density at radius 1 is 1.05 bits per heavy atom. The average Bonchev–Trinajstić information content (AvgIpc) is 2.52. The van der Waals surface area contributed by atoms with Crippen molar-refractivity contribution >= 4 is 0 Å². The average molecular weight is 288 g/mol. The summed E-state index contributed by atoms with van der Waals surface area (Å²) in [5, 5.41) is 10.9. The molecule has 0 aliphatic carbocycles. The number of rotatable bonds is 3. The monoisotopic (exact) mass is 288 g/mol. The number of benzene rings is 1. The van der Waals surface area contributed by atoms with Gasteiger partial charge in [0.25, 0.3) is 0 Å². The molecule has 2 saturated heterocycles. The summed E-state index contributed by atoms with van der Waals surface area (Å²) < 4.78 is 0. The molecule has 2 fully saturated rings. The van der Waals surface area contributed by atoms with Crippen LogP contribution < -0.4 is 0 Å². The zero-order valence-electron chi connectivity index (χ0n) is 13.1. The first-order valence-corrected chi connectivity index (χ1v) is 8.38. The Morgan fingerprint density at radius 3 is 2.48 bits per heavy atom. The number of piperidine rings is 2. The van der Waals surface area contributed by atoms with Gasteiger partial charge in [0.05, 0.1) is 6.10 Å². The number of likely N-dealkylation sites (N-methyl/N-ethyl adjacent to an activating group) is 1. The van der Waals surface area contributed by atoms with Gasteiger partial charge in [-0.2, -0.15) is 0 Å². The molecule has 0 saturated carbocycles. The van der Waals surface area contributed by atoms with Crippen molar-refractivity contribution in [3.8, 4) is 0 Å². The minimum absolute atomic E-state index is 0.217. The molecule has 3 heteroatoms. The number of hydrogen-bond donors (Lipinski definition) is 1. The fourth-order valence-electron chi connectivity index (χ4n) is 4.00. The molecule has 116 valence electrons. The highest BCUT2D eigenvalue weighted by molar-refractivity contribution is 5.22. The van der Waals surface area contributed by atoms with Gasteiger partial charge in [-0.3, -0.25) is 0 Å². The summed E-state index contributed by atoms with van der Waals surface area (Å²) in [6.07, 6.45) is 3.79. The highest BCUT2D eigenvalue weighted by Crippen LogP contribution is 2.31. The van der Waals surface area contributed by atoms with Crippen molar-refractivity contribution in [3.05, 3.63) is 35.9 Å². The molecule has 2 aliphatic heterocycles. The van der Waals surface area contributed by atoms with Gasteiger partial charge in [0.15, 0.2) is 0 Å². The SMILES string of the molecule is CN1CC(CN2CCCCC2)C(O)C(c2ccccc2)C1. The molecule has 1 N–H and O–H groups in total. The van der Waals surface area contributed by atoms with E-state index >= 15 is 0 Å². The lowest BCUT2D eigenvalue weighted by Crippen LogP contribution is -2.51. The van der Waals surface area contributed by atoms with Gasteiger partial charge in [-0.25, -0.2) is 0 Å². The highest BCUT2D eigenvalue weighted by Gasteiger charge is 2.36. The molecule has 2 heterocycles. The van der Waals surface area contributed by atoms with Gasteiger partial charge in [-0.15, -0.1) is 0 Å². The summed E-state index contributed by atoms with van der Waals surface area (Å²) in [6.45, 7) is 5.45. The third-order valence-electron chi connectivity index (χ3n) is 5.12. The molecule has 2 aliphatic rings. The topological polar surface area (TPSA) is 26.7 Å². The molecular weight excluding hydrogens is 260 g/mol. The van der Waals surface area contributed by atoms with Crippen LogP contribution in [0.3, 0.4) is 0 Å². The minimum atomic E-state index is -0.217. The Bertz CT molecular complexity index is 430. The van der Waals surface area contributed by atoms with Gasteiger partial charge in [0, 0.05) is 31.5 Å². The number of likely N-dealkylation sites (tertiary alicyclic amines) is 2. The molecule has 0 radical (unpaired) electrons. The van der Waals surface area contributed by atoms with E-state index in [0.29, 0.717) is 5.92 Å². The summed E-state index contributed by atoms with van der Waals surface area (Å²) in [6, 6.07) is 10.5. The lowest BCUT2D eigenvalue weighted by atomic mass is 9.81. The quantitative estimate of drug-likeness (QED) is 0.923. The molecule has 0 amide bonds. The van der Waals surface area contributed by atoms with E-state index in [4.69, 9.17) is 0 Å². The lowest BCUT2D eigenvalue weighted by molar-refractivity contribution is -0.00222. The molecule has 21 heavy (non-hydrogen) atoms. The third-order valence-corrected chi connectivity index (χ3v) is 5.12. The van der Waals surface area contributed by atoms with E-state index in [-0.39, 0.29) is 12.0 Å². The van der Waals surface area contributed by atoms with E-state index in [1.807, 2.05) is 6.07 Å². The second-order valence-electron chi connectivity index (χ2n) is 6.85. The Hall–Kier alpha value is -0.900. The first-order valence-electron chi connectivity index (χ1n) is 8.38. The van der Waals surface area contributed by atoms with Crippen LogP contribution in [0, 0.1) is 5.92 Å². The van der Waals surface area contributed by atoms with Gasteiger partial charge in [0.2, 0.25) is 0 Å². The van der Waals surface area contributed by atoms with Crippen molar-refractivity contribution in [2.45, 2.75) is 31.3 Å². The standard InChI is InChI=1S/C18H28N2O/c1-19-12-16(13-20-10-6-3-7-11-20)18(21)17(14-19)15-8-4-2-5-9-15/h2,4-5,8-9,16-18,21H,3,6-7,10-14H2,1H3. The Morgan fingerprint density at radius 2 is 1.76 bits per heavy atom. The van der Waals surface area contributed by atoms with Crippen LogP contribution in [0.4, 0.5) is 0 Å². The Kier molecular flexibility index (Phi) is 4.94. The smallest absolute Gasteiger partial charge is 0.0673 e. The van der Waals surface area contributed by atoms with Crippen LogP contribution in [0.1, 0.15) is 30.7 Å². The Balaban J connectivity index is 1.69. The summed E-state index contributed by atoms with van der Waals surface area (Å²) >= 11 is 0. The largest absolute Gasteiger partial charge is 0.392 e. The number of nitrogens with zero attached hydrogens (tertiary/aromatic N) is 2. The predicted molar refractivity (Wildman–Crippen MR) is 86.5 cm³/mol. The van der Waals surface area contributed by atoms with E-state index in [1.165, 1.54) is 37.9 Å². The van der Waals surface area contributed by atoms with E-state index in [1.54, 1.807) is 0 Å². The van der Waals surface area contributed by atoms with Crippen LogP contribution in [-0.2, 0) is 0 Å². The molecule has 3 atom stereocenters. The first-order chi connectivity index (χ1) is 10.2. The van der Waals surface area contributed by atoms with E-state index in [0.717, 1.165) is 19.6 Å². The van der Waals surface area contributed by atoms with Crippen LogP contribution in [0.5, 0.6) is 0 Å². The molecule has 3 nitrogen and oxygen atoms in total. The molecule has 3 unspecified atom stereocenters. The normalized spacial score (nSPS) is 32.2. The van der Waals surface area contributed by atoms with Gasteiger partial charge >= 0.3 is 0 Å². The van der Waals surface area contributed by atoms with E-state index in [2.05, 4.69) is 41.1 Å². The second kappa shape index (κ2) is 6.91. The zero-order chi connectivity index (χ0) is 14.7. The van der Waals surface area contributed by atoms with Crippen LogP contribution in [-0.4, -0.2) is 60.8 Å². The van der Waals surface area contributed by atoms with Gasteiger partial charge in [-0.1, -0.05) is 36.8 Å². The minimum Gasteiger partial charge on any atom is -0.392 e. The molecule has 1 aromatic rings. The number of hydrogen-bond acceptors (Lipinski definition) is 3. The summed E-state index contributed by atoms with van der Waals surface area (Å²) in [5.74, 6) is 0.617. The maximum atomic E-state index is 10.9. The third kappa shape index (κ3) is 3.65. The number of aliphatic hydroxyl groups is 1. The summed E-state index contributed by atoms with van der Waals surface area (Å²) in [7, 11) is 2.19. The first kappa shape index (κ1) is 15.0. The maximum absolute atomic E-state index is 10.9. The van der Waals surface area contributed by atoms with Crippen LogP contribution in [0.2, 0.25) is 0 Å². The molecule has 0 aromatic heterocycles. The highest BCUT2D eigenvalue weighted by atomic mass is 16.3. The van der Waals surface area contributed by atoms with Crippen LogP contribution in [0.15, 0.2) is 30.3 Å². The predicted octanol–water partition coefficient (Wildman–Crippen LogP) is 2.18. The molecular formula is C18H28N2O. The van der Waals surface area contributed by atoms with Crippen molar-refractivity contribution < 1.29 is 5.11 Å². The molecule has 0 spiro atoms. The van der Waals surface area contributed by atoms with E-state index < -0.39 is 0 Å². The van der Waals surface area contributed by atoms with Gasteiger partial charge in [0.1, 0.15) is 0 Å². The van der Waals surface area contributed by atoms with Crippen molar-refractivity contribution in [2.24, 2.45) is 5.92 Å². The van der Waals surface area contributed by atoms with Gasteiger partial charge in [-0.05, 0) is 38.5 Å². The van der Waals surface area contributed by atoms with Crippen molar-refractivity contribution in [1.29, 1.82) is 0 Å². The summed E-state index contributed by atoms with van der Waals surface area (Å²) in [5.41, 5.74) is 1.28. The van der Waals surface area contributed by atoms with Crippen molar-refractivity contribution in [3.63, 3.8) is 0 Å². The molecule has 0 bridgehead atoms. The van der Waals surface area contributed by atoms with Crippen LogP contribution in [0.25, 0.3) is 0 Å². The maximum Gasteiger partial charge on any atom is 0.0673 e. The van der Waals surface area contributed by atoms with Crippen molar-refractivity contribution in [2.75, 3.05) is 39.8 Å². The second-order valence-corrected chi connectivity index (χ2v) is 6.85. The lowest BCUT2D eigenvalue weighted by Gasteiger charge is -2.42. The van der Waals surface area contributed by atoms with Crippen molar-refractivity contribution in [1.82, 2.24) is 9.80 Å². The fourth-order valence-corrected chi connectivity index (χ4v) is 4.00. The molecule has 3 rings (SSSR count). The van der Waals surface area contributed by atoms with E-state index in [9.17, 15) is 5.11 Å². The number of aliphatic hydroxyl groups excluding tert-OH is 1.